The van der Waals surface area contributed by atoms with E-state index >= 15 is 0 Å². The van der Waals surface area contributed by atoms with Crippen molar-refractivity contribution in [3.05, 3.63) is 28.8 Å². The molecule has 0 heterocycles. The number of amides is 1. The third-order valence-electron chi connectivity index (χ3n) is 2.47. The highest BCUT2D eigenvalue weighted by Crippen LogP contribution is 2.21. The van der Waals surface area contributed by atoms with Crippen molar-refractivity contribution in [1.29, 1.82) is 0 Å². The maximum Gasteiger partial charge on any atom is 0.340 e. The number of nitrogens with one attached hydrogen (secondary N) is 1. The van der Waals surface area contributed by atoms with E-state index in [1.807, 2.05) is 0 Å². The molecule has 2 N–H and O–H groups in total. The van der Waals surface area contributed by atoms with E-state index in [4.69, 9.17) is 16.7 Å². The van der Waals surface area contributed by atoms with Gasteiger partial charge in [-0.3, -0.25) is 4.79 Å². The monoisotopic (exact) mass is 285 g/mol. The summed E-state index contributed by atoms with van der Waals surface area (Å²) >= 11 is 5.81. The number of aliphatic hydroxyl groups is 1. The number of rotatable bonds is 6. The van der Waals surface area contributed by atoms with Crippen molar-refractivity contribution in [3.8, 4) is 0 Å². The van der Waals surface area contributed by atoms with Gasteiger partial charge >= 0.3 is 5.97 Å². The minimum absolute atomic E-state index is 0.0572. The van der Waals surface area contributed by atoms with Gasteiger partial charge in [0.2, 0.25) is 5.91 Å². The number of unbranched alkanes of at least 4 members (excludes halogenated alkanes) is 1. The molecule has 1 rings (SSSR count). The number of anilines is 1. The molecule has 0 aliphatic carbocycles. The molecule has 6 heteroatoms. The zero-order chi connectivity index (χ0) is 14.3. The van der Waals surface area contributed by atoms with Gasteiger partial charge in [-0.05, 0) is 31.0 Å². The van der Waals surface area contributed by atoms with Crippen molar-refractivity contribution in [2.75, 3.05) is 19.0 Å². The molecule has 104 valence electrons. The summed E-state index contributed by atoms with van der Waals surface area (Å²) in [7, 11) is 1.26. The Morgan fingerprint density at radius 1 is 1.37 bits per heavy atom. The highest BCUT2D eigenvalue weighted by molar-refractivity contribution is 6.31. The Hall–Kier alpha value is -1.59. The van der Waals surface area contributed by atoms with Gasteiger partial charge in [0.25, 0.3) is 0 Å². The van der Waals surface area contributed by atoms with Crippen LogP contribution in [0.15, 0.2) is 18.2 Å². The molecule has 0 aliphatic rings. The quantitative estimate of drug-likeness (QED) is 0.621. The minimum atomic E-state index is -0.562. The first kappa shape index (κ1) is 15.5. The van der Waals surface area contributed by atoms with Crippen LogP contribution in [0, 0.1) is 0 Å². The number of hydrogen-bond acceptors (Lipinski definition) is 4. The molecule has 0 aliphatic heterocycles. The van der Waals surface area contributed by atoms with Crippen LogP contribution in [0.4, 0.5) is 5.69 Å². The maximum absolute atomic E-state index is 11.7. The summed E-state index contributed by atoms with van der Waals surface area (Å²) in [4.78, 5) is 23.2. The van der Waals surface area contributed by atoms with Gasteiger partial charge in [-0.2, -0.15) is 0 Å². The molecule has 0 saturated carbocycles. The van der Waals surface area contributed by atoms with E-state index in [1.54, 1.807) is 12.1 Å². The fourth-order valence-corrected chi connectivity index (χ4v) is 1.69. The Morgan fingerprint density at radius 2 is 2.11 bits per heavy atom. The molecule has 0 bridgehead atoms. The third kappa shape index (κ3) is 4.89. The number of esters is 1. The van der Waals surface area contributed by atoms with E-state index in [0.717, 1.165) is 0 Å². The molecule has 1 aromatic rings. The molecule has 19 heavy (non-hydrogen) atoms. The Kier molecular flexibility index (Phi) is 6.32. The Morgan fingerprint density at radius 3 is 2.74 bits per heavy atom. The van der Waals surface area contributed by atoms with Crippen LogP contribution in [0.2, 0.25) is 5.02 Å². The largest absolute Gasteiger partial charge is 0.465 e. The lowest BCUT2D eigenvalue weighted by atomic mass is 10.1. The third-order valence-corrected chi connectivity index (χ3v) is 2.71. The van der Waals surface area contributed by atoms with Crippen LogP contribution >= 0.6 is 11.6 Å². The van der Waals surface area contributed by atoms with Crippen molar-refractivity contribution in [2.24, 2.45) is 0 Å². The molecule has 0 unspecified atom stereocenters. The van der Waals surface area contributed by atoms with E-state index in [-0.39, 0.29) is 24.5 Å². The predicted octanol–water partition coefficient (Wildman–Crippen LogP) is 2.23. The standard InChI is InChI=1S/C13H16ClNO4/c1-19-13(18)10-8-9(14)5-6-11(10)15-12(17)4-2-3-7-16/h5-6,8,16H,2-4,7H2,1H3,(H,15,17). The van der Waals surface area contributed by atoms with Gasteiger partial charge in [-0.25, -0.2) is 4.79 Å². The van der Waals surface area contributed by atoms with E-state index < -0.39 is 5.97 Å². The topological polar surface area (TPSA) is 75.6 Å². The number of halogens is 1. The summed E-state index contributed by atoms with van der Waals surface area (Å²) in [6.45, 7) is 0.0572. The zero-order valence-electron chi connectivity index (χ0n) is 10.6. The lowest BCUT2D eigenvalue weighted by Crippen LogP contribution is -2.15. The first-order valence-electron chi connectivity index (χ1n) is 5.87. The van der Waals surface area contributed by atoms with Crippen LogP contribution in [0.5, 0.6) is 0 Å². The van der Waals surface area contributed by atoms with Crippen molar-refractivity contribution in [1.82, 2.24) is 0 Å². The molecular formula is C13H16ClNO4. The molecule has 0 radical (unpaired) electrons. The van der Waals surface area contributed by atoms with Gasteiger partial charge in [0.1, 0.15) is 0 Å². The zero-order valence-corrected chi connectivity index (χ0v) is 11.4. The number of hydrogen-bond donors (Lipinski definition) is 2. The Bertz CT molecular complexity index is 462. The van der Waals surface area contributed by atoms with Gasteiger partial charge in [0.15, 0.2) is 0 Å². The number of ether oxygens (including phenoxy) is 1. The van der Waals surface area contributed by atoms with Crippen LogP contribution in [-0.4, -0.2) is 30.7 Å². The average Bonchev–Trinajstić information content (AvgIpc) is 2.40. The fourth-order valence-electron chi connectivity index (χ4n) is 1.51. The second-order valence-electron chi connectivity index (χ2n) is 3.91. The van der Waals surface area contributed by atoms with Crippen LogP contribution in [0.25, 0.3) is 0 Å². The van der Waals surface area contributed by atoms with E-state index in [2.05, 4.69) is 10.1 Å². The van der Waals surface area contributed by atoms with E-state index in [0.29, 0.717) is 23.6 Å². The number of methoxy groups -OCH3 is 1. The molecule has 1 aromatic carbocycles. The van der Waals surface area contributed by atoms with E-state index in [9.17, 15) is 9.59 Å². The highest BCUT2D eigenvalue weighted by Gasteiger charge is 2.14. The summed E-state index contributed by atoms with van der Waals surface area (Å²) in [6, 6.07) is 4.58. The molecular weight excluding hydrogens is 270 g/mol. The second kappa shape index (κ2) is 7.76. The van der Waals surface area contributed by atoms with Crippen LogP contribution in [0.1, 0.15) is 29.6 Å². The molecule has 0 saturated heterocycles. The Balaban J connectivity index is 2.77. The first-order chi connectivity index (χ1) is 9.08. The summed E-state index contributed by atoms with van der Waals surface area (Å²) in [6.07, 6.45) is 1.44. The lowest BCUT2D eigenvalue weighted by molar-refractivity contribution is -0.116. The lowest BCUT2D eigenvalue weighted by Gasteiger charge is -2.10. The summed E-state index contributed by atoms with van der Waals surface area (Å²) in [5.74, 6) is -0.783. The van der Waals surface area contributed by atoms with Crippen molar-refractivity contribution >= 4 is 29.2 Å². The van der Waals surface area contributed by atoms with Gasteiger partial charge in [-0.1, -0.05) is 11.6 Å². The second-order valence-corrected chi connectivity index (χ2v) is 4.35. The first-order valence-corrected chi connectivity index (χ1v) is 6.25. The van der Waals surface area contributed by atoms with Crippen molar-refractivity contribution < 1.29 is 19.4 Å². The van der Waals surface area contributed by atoms with Gasteiger partial charge < -0.3 is 15.2 Å². The molecule has 0 atom stereocenters. The molecule has 0 fully saturated rings. The number of benzene rings is 1. The van der Waals surface area contributed by atoms with Gasteiger partial charge in [-0.15, -0.1) is 0 Å². The fraction of sp³-hybridized carbons (Fsp3) is 0.385. The smallest absolute Gasteiger partial charge is 0.340 e. The number of carbonyl (C=O) groups is 2. The predicted molar refractivity (Wildman–Crippen MR) is 72.4 cm³/mol. The SMILES string of the molecule is COC(=O)c1cc(Cl)ccc1NC(=O)CCCCO. The van der Waals surface area contributed by atoms with Crippen LogP contribution < -0.4 is 5.32 Å². The maximum atomic E-state index is 11.7. The average molecular weight is 286 g/mol. The van der Waals surface area contributed by atoms with Crippen LogP contribution in [0.3, 0.4) is 0 Å². The molecule has 0 aromatic heterocycles. The summed E-state index contributed by atoms with van der Waals surface area (Å²) in [5.41, 5.74) is 0.579. The Labute approximate surface area is 116 Å². The highest BCUT2D eigenvalue weighted by atomic mass is 35.5. The summed E-state index contributed by atoms with van der Waals surface area (Å²) < 4.78 is 4.63. The molecule has 5 nitrogen and oxygen atoms in total. The molecule has 1 amide bonds. The van der Waals surface area contributed by atoms with Crippen molar-refractivity contribution in [3.63, 3.8) is 0 Å². The van der Waals surface area contributed by atoms with Gasteiger partial charge in [0, 0.05) is 18.1 Å². The number of aliphatic hydroxyl groups excluding tert-OH is 1. The van der Waals surface area contributed by atoms with Gasteiger partial charge in [0.05, 0.1) is 18.4 Å². The van der Waals surface area contributed by atoms with Crippen LogP contribution in [-0.2, 0) is 9.53 Å². The molecule has 0 spiro atoms. The normalized spacial score (nSPS) is 10.1. The number of carbonyl (C=O) groups excluding carboxylic acids is 2. The summed E-state index contributed by atoms with van der Waals surface area (Å²) in [5, 5.41) is 11.7. The van der Waals surface area contributed by atoms with E-state index in [1.165, 1.54) is 13.2 Å². The van der Waals surface area contributed by atoms with Crippen molar-refractivity contribution in [2.45, 2.75) is 19.3 Å². The minimum Gasteiger partial charge on any atom is -0.465 e.